The number of amides is 1. The minimum atomic E-state index is -3.77. The molecule has 0 bridgehead atoms. The molecule has 110 valence electrons. The summed E-state index contributed by atoms with van der Waals surface area (Å²) in [5, 5.41) is 7.93. The Morgan fingerprint density at radius 1 is 1.10 bits per heavy atom. The van der Waals surface area contributed by atoms with Crippen LogP contribution in [0.15, 0.2) is 53.4 Å². The summed E-state index contributed by atoms with van der Waals surface area (Å²) in [5.74, 6) is -0.0985. The summed E-state index contributed by atoms with van der Waals surface area (Å²) in [7, 11) is -3.77. The van der Waals surface area contributed by atoms with Crippen LogP contribution in [0.3, 0.4) is 0 Å². The van der Waals surface area contributed by atoms with Crippen LogP contribution < -0.4 is 10.5 Å². The first kappa shape index (κ1) is 15.2. The number of primary sulfonamides is 1. The minimum absolute atomic E-state index is 0.0969. The molecule has 0 unspecified atom stereocenters. The Labute approximate surface area is 123 Å². The molecule has 2 aromatic carbocycles. The molecule has 0 aliphatic carbocycles. The first-order valence-electron chi connectivity index (χ1n) is 6.33. The highest BCUT2D eigenvalue weighted by Gasteiger charge is 2.14. The van der Waals surface area contributed by atoms with Crippen molar-refractivity contribution in [1.82, 2.24) is 5.32 Å². The molecule has 0 aliphatic heterocycles. The zero-order valence-electron chi connectivity index (χ0n) is 11.5. The number of nitrogens with one attached hydrogen (secondary N) is 1. The molecule has 5 nitrogen and oxygen atoms in total. The molecule has 0 atom stereocenters. The van der Waals surface area contributed by atoms with Crippen molar-refractivity contribution < 1.29 is 13.2 Å². The van der Waals surface area contributed by atoms with Gasteiger partial charge in [-0.2, -0.15) is 0 Å². The number of carbonyl (C=O) groups is 1. The summed E-state index contributed by atoms with van der Waals surface area (Å²) in [4.78, 5) is 11.0. The van der Waals surface area contributed by atoms with Crippen molar-refractivity contribution in [3.05, 3.63) is 54.1 Å². The molecule has 0 saturated heterocycles. The molecule has 0 radical (unpaired) electrons. The van der Waals surface area contributed by atoms with E-state index in [2.05, 4.69) is 5.32 Å². The standard InChI is InChI=1S/C15H16N2O3S/c1-11(18)17-10-12-6-8-13(9-7-12)14-4-2-3-5-15(14)21(16,19)20/h2-9H,10H2,1H3,(H,17,18)(H2,16,19,20). The van der Waals surface area contributed by atoms with Crippen molar-refractivity contribution in [3.8, 4) is 11.1 Å². The van der Waals surface area contributed by atoms with Crippen LogP contribution >= 0.6 is 0 Å². The van der Waals surface area contributed by atoms with Crippen molar-refractivity contribution in [2.45, 2.75) is 18.4 Å². The Morgan fingerprint density at radius 3 is 2.29 bits per heavy atom. The predicted octanol–water partition coefficient (Wildman–Crippen LogP) is 1.64. The number of hydrogen-bond donors (Lipinski definition) is 2. The van der Waals surface area contributed by atoms with Gasteiger partial charge in [-0.25, -0.2) is 13.6 Å². The van der Waals surface area contributed by atoms with Crippen LogP contribution in [-0.4, -0.2) is 14.3 Å². The summed E-state index contributed by atoms with van der Waals surface area (Å²) < 4.78 is 23.2. The molecule has 6 heteroatoms. The fourth-order valence-corrected chi connectivity index (χ4v) is 2.74. The van der Waals surface area contributed by atoms with Crippen molar-refractivity contribution in [2.24, 2.45) is 5.14 Å². The van der Waals surface area contributed by atoms with E-state index in [9.17, 15) is 13.2 Å². The Morgan fingerprint density at radius 2 is 1.71 bits per heavy atom. The van der Waals surface area contributed by atoms with Gasteiger partial charge >= 0.3 is 0 Å². The van der Waals surface area contributed by atoms with Gasteiger partial charge in [0, 0.05) is 19.0 Å². The summed E-state index contributed by atoms with van der Waals surface area (Å²) in [6, 6.07) is 13.9. The van der Waals surface area contributed by atoms with Gasteiger partial charge in [-0.15, -0.1) is 0 Å². The van der Waals surface area contributed by atoms with Gasteiger partial charge in [-0.3, -0.25) is 4.79 Å². The van der Waals surface area contributed by atoms with Gasteiger partial charge in [0.1, 0.15) is 0 Å². The maximum atomic E-state index is 11.6. The zero-order chi connectivity index (χ0) is 15.5. The van der Waals surface area contributed by atoms with E-state index in [1.165, 1.54) is 13.0 Å². The van der Waals surface area contributed by atoms with E-state index < -0.39 is 10.0 Å². The minimum Gasteiger partial charge on any atom is -0.352 e. The van der Waals surface area contributed by atoms with Gasteiger partial charge in [0.2, 0.25) is 15.9 Å². The van der Waals surface area contributed by atoms with Crippen LogP contribution in [0.25, 0.3) is 11.1 Å². The number of carbonyl (C=O) groups excluding carboxylic acids is 1. The van der Waals surface area contributed by atoms with Gasteiger partial charge in [0.05, 0.1) is 4.90 Å². The van der Waals surface area contributed by atoms with E-state index in [-0.39, 0.29) is 10.8 Å². The first-order valence-corrected chi connectivity index (χ1v) is 7.88. The molecule has 0 heterocycles. The Bertz CT molecular complexity index is 753. The van der Waals surface area contributed by atoms with Crippen molar-refractivity contribution in [3.63, 3.8) is 0 Å². The lowest BCUT2D eigenvalue weighted by atomic mass is 10.0. The molecule has 0 fully saturated rings. The summed E-state index contributed by atoms with van der Waals surface area (Å²) >= 11 is 0. The highest BCUT2D eigenvalue weighted by Crippen LogP contribution is 2.26. The Hall–Kier alpha value is -2.18. The number of benzene rings is 2. The van der Waals surface area contributed by atoms with Gasteiger partial charge in [0.25, 0.3) is 0 Å². The molecular weight excluding hydrogens is 288 g/mol. The quantitative estimate of drug-likeness (QED) is 0.899. The molecule has 2 rings (SSSR count). The number of rotatable bonds is 4. The zero-order valence-corrected chi connectivity index (χ0v) is 12.4. The predicted molar refractivity (Wildman–Crippen MR) is 80.8 cm³/mol. The van der Waals surface area contributed by atoms with Crippen LogP contribution in [0.5, 0.6) is 0 Å². The maximum Gasteiger partial charge on any atom is 0.238 e. The van der Waals surface area contributed by atoms with Crippen molar-refractivity contribution in [2.75, 3.05) is 0 Å². The third-order valence-corrected chi connectivity index (χ3v) is 3.97. The molecule has 0 aliphatic rings. The van der Waals surface area contributed by atoms with E-state index >= 15 is 0 Å². The number of sulfonamides is 1. The molecule has 3 N–H and O–H groups in total. The topological polar surface area (TPSA) is 89.3 Å². The lowest BCUT2D eigenvalue weighted by Crippen LogP contribution is -2.18. The number of nitrogens with two attached hydrogens (primary N) is 1. The molecule has 0 spiro atoms. The van der Waals surface area contributed by atoms with E-state index in [4.69, 9.17) is 5.14 Å². The third-order valence-electron chi connectivity index (χ3n) is 3.00. The third kappa shape index (κ3) is 3.90. The highest BCUT2D eigenvalue weighted by atomic mass is 32.2. The van der Waals surface area contributed by atoms with E-state index in [0.717, 1.165) is 11.1 Å². The molecule has 2 aromatic rings. The second kappa shape index (κ2) is 6.07. The second-order valence-electron chi connectivity index (χ2n) is 4.65. The van der Waals surface area contributed by atoms with Gasteiger partial charge in [-0.1, -0.05) is 42.5 Å². The van der Waals surface area contributed by atoms with E-state index in [1.807, 2.05) is 12.1 Å². The largest absolute Gasteiger partial charge is 0.352 e. The summed E-state index contributed by atoms with van der Waals surface area (Å²) in [6.45, 7) is 1.89. The monoisotopic (exact) mass is 304 g/mol. The van der Waals surface area contributed by atoms with Gasteiger partial charge in [-0.05, 0) is 17.2 Å². The van der Waals surface area contributed by atoms with Crippen LogP contribution in [0, 0.1) is 0 Å². The molecule has 21 heavy (non-hydrogen) atoms. The van der Waals surface area contributed by atoms with Crippen LogP contribution in [0.2, 0.25) is 0 Å². The SMILES string of the molecule is CC(=O)NCc1ccc(-c2ccccc2S(N)(=O)=O)cc1. The second-order valence-corrected chi connectivity index (χ2v) is 6.18. The van der Waals surface area contributed by atoms with Crippen molar-refractivity contribution >= 4 is 15.9 Å². The fraction of sp³-hybridized carbons (Fsp3) is 0.133. The van der Waals surface area contributed by atoms with Crippen LogP contribution in [-0.2, 0) is 21.4 Å². The smallest absolute Gasteiger partial charge is 0.238 e. The van der Waals surface area contributed by atoms with E-state index in [0.29, 0.717) is 12.1 Å². The highest BCUT2D eigenvalue weighted by molar-refractivity contribution is 7.89. The summed E-state index contributed by atoms with van der Waals surface area (Å²) in [6.07, 6.45) is 0. The van der Waals surface area contributed by atoms with Crippen LogP contribution in [0.4, 0.5) is 0 Å². The molecule has 1 amide bonds. The molecule has 0 saturated carbocycles. The fourth-order valence-electron chi connectivity index (χ4n) is 1.98. The number of hydrogen-bond acceptors (Lipinski definition) is 3. The Balaban J connectivity index is 2.34. The lowest BCUT2D eigenvalue weighted by molar-refractivity contribution is -0.119. The van der Waals surface area contributed by atoms with Crippen molar-refractivity contribution in [1.29, 1.82) is 0 Å². The molecular formula is C15H16N2O3S. The summed E-state index contributed by atoms with van der Waals surface area (Å²) in [5.41, 5.74) is 2.25. The maximum absolute atomic E-state index is 11.6. The van der Waals surface area contributed by atoms with Gasteiger partial charge < -0.3 is 5.32 Å². The van der Waals surface area contributed by atoms with E-state index in [1.54, 1.807) is 30.3 Å². The normalized spacial score (nSPS) is 11.1. The average molecular weight is 304 g/mol. The molecule has 0 aromatic heterocycles. The van der Waals surface area contributed by atoms with Gasteiger partial charge in [0.15, 0.2) is 0 Å². The first-order chi connectivity index (χ1) is 9.88. The average Bonchev–Trinajstić information content (AvgIpc) is 2.45. The van der Waals surface area contributed by atoms with Crippen LogP contribution in [0.1, 0.15) is 12.5 Å². The Kier molecular flexibility index (Phi) is 4.40. The lowest BCUT2D eigenvalue weighted by Gasteiger charge is -2.09.